The van der Waals surface area contributed by atoms with Crippen molar-refractivity contribution in [1.82, 2.24) is 10.2 Å². The van der Waals surface area contributed by atoms with Crippen LogP contribution in [0, 0.1) is 11.3 Å². The molecule has 0 bridgehead atoms. The largest absolute Gasteiger partial charge is 0.315 e. The Morgan fingerprint density at radius 3 is 2.79 bits per heavy atom. The Hall–Kier alpha value is -0.590. The molecule has 0 aromatic heterocycles. The highest BCUT2D eigenvalue weighted by Gasteiger charge is 2.16. The molecule has 14 heavy (non-hydrogen) atoms. The Labute approximate surface area is 87.1 Å². The van der Waals surface area contributed by atoms with Crippen molar-refractivity contribution in [2.75, 3.05) is 26.2 Å². The van der Waals surface area contributed by atoms with Gasteiger partial charge < -0.3 is 5.32 Å². The van der Waals surface area contributed by atoms with Crippen molar-refractivity contribution < 1.29 is 0 Å². The lowest BCUT2D eigenvalue weighted by molar-refractivity contribution is 0.252. The Kier molecular flexibility index (Phi) is 5.58. The van der Waals surface area contributed by atoms with Gasteiger partial charge >= 0.3 is 0 Å². The molecular formula is C11H21N3. The van der Waals surface area contributed by atoms with E-state index in [0.717, 1.165) is 19.5 Å². The molecular weight excluding hydrogens is 174 g/mol. The fourth-order valence-electron chi connectivity index (χ4n) is 1.91. The molecule has 1 rings (SSSR count). The van der Waals surface area contributed by atoms with E-state index in [-0.39, 0.29) is 0 Å². The zero-order chi connectivity index (χ0) is 10.2. The van der Waals surface area contributed by atoms with Crippen molar-refractivity contribution in [2.24, 2.45) is 0 Å². The zero-order valence-electron chi connectivity index (χ0n) is 9.13. The normalized spacial score (nSPS) is 19.4. The molecule has 0 saturated carbocycles. The van der Waals surface area contributed by atoms with Crippen LogP contribution in [0.2, 0.25) is 0 Å². The second-order valence-corrected chi connectivity index (χ2v) is 4.06. The summed E-state index contributed by atoms with van der Waals surface area (Å²) < 4.78 is 0. The number of rotatable bonds is 6. The minimum atomic E-state index is 0.652. The monoisotopic (exact) mass is 195 g/mol. The van der Waals surface area contributed by atoms with Crippen molar-refractivity contribution >= 4 is 0 Å². The fourth-order valence-corrected chi connectivity index (χ4v) is 1.91. The van der Waals surface area contributed by atoms with Crippen molar-refractivity contribution in [3.8, 4) is 6.07 Å². The van der Waals surface area contributed by atoms with E-state index in [1.165, 1.54) is 25.9 Å². The summed E-state index contributed by atoms with van der Waals surface area (Å²) in [5, 5.41) is 11.8. The first-order valence-electron chi connectivity index (χ1n) is 5.66. The topological polar surface area (TPSA) is 39.1 Å². The molecule has 1 fully saturated rings. The van der Waals surface area contributed by atoms with Gasteiger partial charge in [-0.05, 0) is 45.8 Å². The van der Waals surface area contributed by atoms with Crippen LogP contribution in [-0.4, -0.2) is 37.1 Å². The van der Waals surface area contributed by atoms with Gasteiger partial charge in [0.15, 0.2) is 0 Å². The molecule has 80 valence electrons. The van der Waals surface area contributed by atoms with Gasteiger partial charge in [-0.1, -0.05) is 0 Å². The van der Waals surface area contributed by atoms with Gasteiger partial charge in [-0.25, -0.2) is 0 Å². The Balaban J connectivity index is 1.97. The molecule has 1 saturated heterocycles. The first kappa shape index (κ1) is 11.5. The highest BCUT2D eigenvalue weighted by atomic mass is 15.2. The molecule has 1 atom stereocenters. The quantitative estimate of drug-likeness (QED) is 0.650. The summed E-state index contributed by atoms with van der Waals surface area (Å²) in [6.07, 6.45) is 4.37. The number of nitrogens with zero attached hydrogens (tertiary/aromatic N) is 2. The summed E-state index contributed by atoms with van der Waals surface area (Å²) in [6.45, 7) is 6.85. The van der Waals surface area contributed by atoms with Crippen LogP contribution in [0.3, 0.4) is 0 Å². The van der Waals surface area contributed by atoms with Gasteiger partial charge in [0.2, 0.25) is 0 Å². The van der Waals surface area contributed by atoms with Crippen LogP contribution in [0.15, 0.2) is 0 Å². The molecule has 3 heteroatoms. The first-order chi connectivity index (χ1) is 6.84. The summed E-state index contributed by atoms with van der Waals surface area (Å²) in [5.74, 6) is 0. The second-order valence-electron chi connectivity index (χ2n) is 4.06. The summed E-state index contributed by atoms with van der Waals surface area (Å²) in [4.78, 5) is 2.54. The van der Waals surface area contributed by atoms with Gasteiger partial charge in [0.05, 0.1) is 6.07 Å². The van der Waals surface area contributed by atoms with E-state index in [0.29, 0.717) is 12.5 Å². The number of unbranched alkanes of at least 4 members (excludes halogenated alkanes) is 1. The maximum Gasteiger partial charge on any atom is 0.0622 e. The number of nitriles is 1. The maximum atomic E-state index is 8.36. The van der Waals surface area contributed by atoms with Gasteiger partial charge in [0.1, 0.15) is 0 Å². The molecule has 1 aliphatic rings. The minimum absolute atomic E-state index is 0.652. The van der Waals surface area contributed by atoms with E-state index in [2.05, 4.69) is 23.2 Å². The molecule has 0 radical (unpaired) electrons. The van der Waals surface area contributed by atoms with Crippen LogP contribution in [0.1, 0.15) is 32.6 Å². The summed E-state index contributed by atoms with van der Waals surface area (Å²) in [5.41, 5.74) is 0. The Bertz CT molecular complexity index is 179. The van der Waals surface area contributed by atoms with Gasteiger partial charge in [0.25, 0.3) is 0 Å². The number of hydrogen-bond donors (Lipinski definition) is 1. The molecule has 0 aliphatic carbocycles. The van der Waals surface area contributed by atoms with Crippen molar-refractivity contribution in [3.05, 3.63) is 0 Å². The van der Waals surface area contributed by atoms with E-state index in [1.54, 1.807) is 0 Å². The minimum Gasteiger partial charge on any atom is -0.315 e. The molecule has 0 amide bonds. The van der Waals surface area contributed by atoms with Crippen LogP contribution in [0.25, 0.3) is 0 Å². The van der Waals surface area contributed by atoms with Gasteiger partial charge in [-0.15, -0.1) is 0 Å². The lowest BCUT2D eigenvalue weighted by atomic mass is 10.3. The predicted molar refractivity (Wildman–Crippen MR) is 58.0 cm³/mol. The predicted octanol–water partition coefficient (Wildman–Crippen LogP) is 1.36. The molecule has 1 aliphatic heterocycles. The van der Waals surface area contributed by atoms with Crippen LogP contribution < -0.4 is 5.32 Å². The lowest BCUT2D eigenvalue weighted by Gasteiger charge is -2.23. The average molecular weight is 195 g/mol. The summed E-state index contributed by atoms with van der Waals surface area (Å²) in [6, 6.07) is 2.81. The number of hydrogen-bond acceptors (Lipinski definition) is 3. The Morgan fingerprint density at radius 1 is 1.43 bits per heavy atom. The SMILES string of the molecule is CC(CNCCCC#N)N1CCCC1. The average Bonchev–Trinajstić information content (AvgIpc) is 2.70. The molecule has 3 nitrogen and oxygen atoms in total. The third-order valence-electron chi connectivity index (χ3n) is 2.85. The van der Waals surface area contributed by atoms with Crippen LogP contribution in [-0.2, 0) is 0 Å². The van der Waals surface area contributed by atoms with Crippen molar-refractivity contribution in [3.63, 3.8) is 0 Å². The van der Waals surface area contributed by atoms with E-state index < -0.39 is 0 Å². The smallest absolute Gasteiger partial charge is 0.0622 e. The lowest BCUT2D eigenvalue weighted by Crippen LogP contribution is -2.38. The van der Waals surface area contributed by atoms with Gasteiger partial charge in [-0.2, -0.15) is 5.26 Å². The van der Waals surface area contributed by atoms with Crippen LogP contribution in [0.5, 0.6) is 0 Å². The molecule has 0 spiro atoms. The van der Waals surface area contributed by atoms with E-state index in [9.17, 15) is 0 Å². The molecule has 0 aromatic carbocycles. The standard InChI is InChI=1S/C11H21N3/c1-11(14-8-4-5-9-14)10-13-7-3-2-6-12/h11,13H,2-5,7-10H2,1H3. The fraction of sp³-hybridized carbons (Fsp3) is 0.909. The van der Waals surface area contributed by atoms with Gasteiger partial charge in [0, 0.05) is 19.0 Å². The van der Waals surface area contributed by atoms with E-state index in [1.807, 2.05) is 0 Å². The Morgan fingerprint density at radius 2 is 2.14 bits per heavy atom. The first-order valence-corrected chi connectivity index (χ1v) is 5.66. The summed E-state index contributed by atoms with van der Waals surface area (Å²) >= 11 is 0. The van der Waals surface area contributed by atoms with E-state index >= 15 is 0 Å². The number of likely N-dealkylation sites (tertiary alicyclic amines) is 1. The molecule has 1 N–H and O–H groups in total. The maximum absolute atomic E-state index is 8.36. The highest BCUT2D eigenvalue weighted by Crippen LogP contribution is 2.10. The molecule has 1 heterocycles. The molecule has 0 aromatic rings. The third-order valence-corrected chi connectivity index (χ3v) is 2.85. The summed E-state index contributed by atoms with van der Waals surface area (Å²) in [7, 11) is 0. The zero-order valence-corrected chi connectivity index (χ0v) is 9.13. The van der Waals surface area contributed by atoms with Crippen LogP contribution >= 0.6 is 0 Å². The third kappa shape index (κ3) is 4.08. The van der Waals surface area contributed by atoms with Crippen molar-refractivity contribution in [1.29, 1.82) is 5.26 Å². The van der Waals surface area contributed by atoms with Gasteiger partial charge in [-0.3, -0.25) is 4.90 Å². The van der Waals surface area contributed by atoms with E-state index in [4.69, 9.17) is 5.26 Å². The second kappa shape index (κ2) is 6.80. The van der Waals surface area contributed by atoms with Crippen molar-refractivity contribution in [2.45, 2.75) is 38.6 Å². The number of nitrogens with one attached hydrogen (secondary N) is 1. The molecule has 1 unspecified atom stereocenters. The van der Waals surface area contributed by atoms with Crippen LogP contribution in [0.4, 0.5) is 0 Å². The highest BCUT2D eigenvalue weighted by molar-refractivity contribution is 4.75.